The molecular formula is C27H32N6O4. The molecule has 0 saturated carbocycles. The molecular weight excluding hydrogens is 472 g/mol. The van der Waals surface area contributed by atoms with Crippen LogP contribution in [0.3, 0.4) is 0 Å². The molecule has 0 spiro atoms. The number of methoxy groups -OCH3 is 1. The van der Waals surface area contributed by atoms with Gasteiger partial charge in [-0.2, -0.15) is 4.98 Å². The molecule has 2 saturated heterocycles. The largest absolute Gasteiger partial charge is 0.497 e. The summed E-state index contributed by atoms with van der Waals surface area (Å²) in [6.45, 7) is 6.09. The molecule has 0 atom stereocenters. The van der Waals surface area contributed by atoms with Gasteiger partial charge in [-0.1, -0.05) is 6.07 Å². The lowest BCUT2D eigenvalue weighted by Gasteiger charge is -2.32. The average Bonchev–Trinajstić information content (AvgIpc) is 2.93. The maximum absolute atomic E-state index is 12.6. The minimum atomic E-state index is -0.0511. The monoisotopic (exact) mass is 504 g/mol. The molecule has 2 aliphatic rings. The molecule has 2 aliphatic heterocycles. The highest BCUT2D eigenvalue weighted by Crippen LogP contribution is 2.32. The Hall–Kier alpha value is -3.89. The molecule has 0 bridgehead atoms. The zero-order valence-electron chi connectivity index (χ0n) is 21.4. The van der Waals surface area contributed by atoms with Crippen molar-refractivity contribution in [1.82, 2.24) is 9.97 Å². The van der Waals surface area contributed by atoms with Gasteiger partial charge in [0.1, 0.15) is 18.2 Å². The number of aryl methyl sites for hydroxylation is 1. The number of nitrogens with zero attached hydrogens (tertiary/aromatic N) is 5. The molecule has 0 radical (unpaired) electrons. The van der Waals surface area contributed by atoms with Gasteiger partial charge < -0.3 is 34.2 Å². The van der Waals surface area contributed by atoms with Gasteiger partial charge in [0.25, 0.3) is 5.91 Å². The van der Waals surface area contributed by atoms with E-state index in [9.17, 15) is 4.79 Å². The topological polar surface area (TPSA) is 92.3 Å². The molecule has 0 unspecified atom stereocenters. The molecule has 10 heteroatoms. The van der Waals surface area contributed by atoms with Crippen LogP contribution < -0.4 is 24.8 Å². The van der Waals surface area contributed by atoms with E-state index >= 15 is 0 Å². The summed E-state index contributed by atoms with van der Waals surface area (Å²) in [7, 11) is 3.63. The van der Waals surface area contributed by atoms with Crippen molar-refractivity contribution in [2.45, 2.75) is 6.92 Å². The van der Waals surface area contributed by atoms with E-state index in [1.807, 2.05) is 42.3 Å². The van der Waals surface area contributed by atoms with Gasteiger partial charge in [0.2, 0.25) is 5.95 Å². The second-order valence-electron chi connectivity index (χ2n) is 9.01. The van der Waals surface area contributed by atoms with Crippen LogP contribution in [-0.4, -0.2) is 76.1 Å². The van der Waals surface area contributed by atoms with Crippen molar-refractivity contribution < 1.29 is 19.0 Å². The van der Waals surface area contributed by atoms with Crippen molar-refractivity contribution in [2.24, 2.45) is 0 Å². The third kappa shape index (κ3) is 5.60. The van der Waals surface area contributed by atoms with Crippen LogP contribution in [0, 0.1) is 6.92 Å². The van der Waals surface area contributed by atoms with Crippen LogP contribution in [0.15, 0.2) is 48.7 Å². The van der Waals surface area contributed by atoms with E-state index in [0.717, 1.165) is 53.0 Å². The van der Waals surface area contributed by atoms with E-state index in [1.165, 1.54) is 0 Å². The fraction of sp³-hybridized carbons (Fsp3) is 0.370. The number of amides is 1. The summed E-state index contributed by atoms with van der Waals surface area (Å²) in [5, 5.41) is 3.36. The van der Waals surface area contributed by atoms with Crippen LogP contribution >= 0.6 is 0 Å². The van der Waals surface area contributed by atoms with Crippen molar-refractivity contribution in [2.75, 3.05) is 80.2 Å². The maximum Gasteiger partial charge on any atom is 0.253 e. The van der Waals surface area contributed by atoms with Gasteiger partial charge in [-0.25, -0.2) is 4.98 Å². The van der Waals surface area contributed by atoms with Crippen molar-refractivity contribution in [3.63, 3.8) is 0 Å². The Labute approximate surface area is 216 Å². The number of hydrogen-bond acceptors (Lipinski definition) is 9. The van der Waals surface area contributed by atoms with Crippen molar-refractivity contribution in [3.05, 3.63) is 54.2 Å². The third-order valence-electron chi connectivity index (χ3n) is 6.59. The van der Waals surface area contributed by atoms with Gasteiger partial charge >= 0.3 is 0 Å². The van der Waals surface area contributed by atoms with Gasteiger partial charge in [-0.05, 0) is 42.8 Å². The highest BCUT2D eigenvalue weighted by molar-refractivity contribution is 5.96. The van der Waals surface area contributed by atoms with E-state index < -0.39 is 0 Å². The minimum Gasteiger partial charge on any atom is -0.497 e. The maximum atomic E-state index is 12.6. The van der Waals surface area contributed by atoms with Gasteiger partial charge in [0.15, 0.2) is 0 Å². The fourth-order valence-electron chi connectivity index (χ4n) is 4.54. The second kappa shape index (κ2) is 11.0. The Balaban J connectivity index is 1.45. The molecule has 3 heterocycles. The molecule has 1 aromatic heterocycles. The first-order valence-electron chi connectivity index (χ1n) is 12.4. The predicted molar refractivity (Wildman–Crippen MR) is 144 cm³/mol. The van der Waals surface area contributed by atoms with Crippen molar-refractivity contribution in [1.29, 1.82) is 0 Å². The lowest BCUT2D eigenvalue weighted by Crippen LogP contribution is -2.42. The number of carbonyl (C=O) groups excluding carboxylic acids is 1. The summed E-state index contributed by atoms with van der Waals surface area (Å²) in [5.74, 6) is 1.93. The first-order valence-corrected chi connectivity index (χ1v) is 12.4. The SMILES string of the molecule is COc1ccc(C)c(N(C)c2ccnc(Nc3cc(N4CCOCC4)cc(N4CCOCC4=O)c3)n2)c1. The lowest BCUT2D eigenvalue weighted by atomic mass is 10.1. The smallest absolute Gasteiger partial charge is 0.253 e. The first-order chi connectivity index (χ1) is 18.0. The number of carbonyl (C=O) groups is 1. The van der Waals surface area contributed by atoms with Crippen molar-refractivity contribution in [3.8, 4) is 5.75 Å². The van der Waals surface area contributed by atoms with Crippen LogP contribution in [0.2, 0.25) is 0 Å². The Kier molecular flexibility index (Phi) is 7.38. The number of rotatable bonds is 7. The minimum absolute atomic E-state index is 0.0511. The van der Waals surface area contributed by atoms with E-state index in [-0.39, 0.29) is 12.5 Å². The summed E-state index contributed by atoms with van der Waals surface area (Å²) in [4.78, 5) is 27.9. The summed E-state index contributed by atoms with van der Waals surface area (Å²) in [5.41, 5.74) is 4.74. The summed E-state index contributed by atoms with van der Waals surface area (Å²) < 4.78 is 16.3. The van der Waals surface area contributed by atoms with Crippen LogP contribution in [0.25, 0.3) is 0 Å². The molecule has 194 valence electrons. The Bertz CT molecular complexity index is 1260. The highest BCUT2D eigenvalue weighted by Gasteiger charge is 2.23. The number of aromatic nitrogens is 2. The quantitative estimate of drug-likeness (QED) is 0.519. The summed E-state index contributed by atoms with van der Waals surface area (Å²) in [6, 6.07) is 13.9. The van der Waals surface area contributed by atoms with Gasteiger partial charge in [-0.15, -0.1) is 0 Å². The van der Waals surface area contributed by atoms with Crippen molar-refractivity contribution >= 4 is 40.4 Å². The number of anilines is 6. The lowest BCUT2D eigenvalue weighted by molar-refractivity contribution is -0.125. The van der Waals surface area contributed by atoms with E-state index in [4.69, 9.17) is 19.2 Å². The average molecular weight is 505 g/mol. The highest BCUT2D eigenvalue weighted by atomic mass is 16.5. The number of ether oxygens (including phenoxy) is 3. The molecule has 1 amide bonds. The van der Waals surface area contributed by atoms with E-state index in [2.05, 4.69) is 34.3 Å². The van der Waals surface area contributed by atoms with Gasteiger partial charge in [0.05, 0.1) is 26.9 Å². The standard InChI is InChI=1S/C27H32N6O4/c1-19-4-5-23(35-3)17-24(19)31(2)25-6-7-28-27(30-25)29-20-14-21(32-8-11-36-12-9-32)16-22(15-20)33-10-13-37-18-26(33)34/h4-7,14-17H,8-13,18H2,1-3H3,(H,28,29,30). The van der Waals surface area contributed by atoms with Gasteiger partial charge in [-0.3, -0.25) is 4.79 Å². The molecule has 37 heavy (non-hydrogen) atoms. The Morgan fingerprint density at radius 1 is 1.00 bits per heavy atom. The number of nitrogens with one attached hydrogen (secondary N) is 1. The number of morpholine rings is 2. The second-order valence-corrected chi connectivity index (χ2v) is 9.01. The molecule has 2 fully saturated rings. The van der Waals surface area contributed by atoms with Crippen LogP contribution in [-0.2, 0) is 14.3 Å². The number of hydrogen-bond donors (Lipinski definition) is 1. The van der Waals surface area contributed by atoms with Crippen LogP contribution in [0.4, 0.5) is 34.5 Å². The molecule has 0 aliphatic carbocycles. The molecule has 1 N–H and O–H groups in total. The zero-order valence-corrected chi connectivity index (χ0v) is 21.4. The Morgan fingerprint density at radius 2 is 1.78 bits per heavy atom. The zero-order chi connectivity index (χ0) is 25.8. The first kappa shape index (κ1) is 24.8. The number of benzene rings is 2. The molecule has 10 nitrogen and oxygen atoms in total. The molecule has 2 aromatic carbocycles. The summed E-state index contributed by atoms with van der Waals surface area (Å²) >= 11 is 0. The normalized spacial score (nSPS) is 16.0. The predicted octanol–water partition coefficient (Wildman–Crippen LogP) is 3.50. The molecule has 3 aromatic rings. The van der Waals surface area contributed by atoms with E-state index in [0.29, 0.717) is 32.3 Å². The van der Waals surface area contributed by atoms with Gasteiger partial charge in [0, 0.05) is 61.7 Å². The fourth-order valence-corrected chi connectivity index (χ4v) is 4.54. The van der Waals surface area contributed by atoms with Crippen LogP contribution in [0.5, 0.6) is 5.75 Å². The summed E-state index contributed by atoms with van der Waals surface area (Å²) in [6.07, 6.45) is 1.73. The third-order valence-corrected chi connectivity index (χ3v) is 6.59. The molecule has 5 rings (SSSR count). The Morgan fingerprint density at radius 3 is 2.57 bits per heavy atom. The van der Waals surface area contributed by atoms with Crippen LogP contribution in [0.1, 0.15) is 5.56 Å². The van der Waals surface area contributed by atoms with E-state index in [1.54, 1.807) is 18.2 Å².